The van der Waals surface area contributed by atoms with Gasteiger partial charge in [-0.3, -0.25) is 13.9 Å². The lowest BCUT2D eigenvalue weighted by Gasteiger charge is -2.33. The number of hydrogen-bond donors (Lipinski definition) is 1. The summed E-state index contributed by atoms with van der Waals surface area (Å²) in [6, 6.07) is 22.4. The third-order valence-electron chi connectivity index (χ3n) is 6.10. The topological polar surface area (TPSA) is 96.0 Å². The molecule has 8 nitrogen and oxygen atoms in total. The number of amides is 2. The van der Waals surface area contributed by atoms with Crippen LogP contribution >= 0.6 is 11.6 Å². The van der Waals surface area contributed by atoms with Gasteiger partial charge in [-0.25, -0.2) is 8.42 Å². The highest BCUT2D eigenvalue weighted by Crippen LogP contribution is 2.33. The number of carbonyl (C=O) groups is 2. The summed E-state index contributed by atoms with van der Waals surface area (Å²) in [6.45, 7) is 1.96. The minimum Gasteiger partial charge on any atom is -0.495 e. The second-order valence-electron chi connectivity index (χ2n) is 9.09. The zero-order valence-electron chi connectivity index (χ0n) is 22.3. The minimum absolute atomic E-state index is 0.112. The van der Waals surface area contributed by atoms with Gasteiger partial charge in [0.25, 0.3) is 0 Å². The minimum atomic E-state index is -3.94. The third-order valence-corrected chi connectivity index (χ3v) is 7.47. The summed E-state index contributed by atoms with van der Waals surface area (Å²) in [5.74, 6) is -0.608. The Bertz CT molecular complexity index is 1350. The Hall–Kier alpha value is -3.56. The molecule has 0 unspecified atom stereocenters. The van der Waals surface area contributed by atoms with Crippen molar-refractivity contribution in [3.63, 3.8) is 0 Å². The van der Waals surface area contributed by atoms with E-state index in [0.29, 0.717) is 6.54 Å². The van der Waals surface area contributed by atoms with Crippen LogP contribution in [0.3, 0.4) is 0 Å². The molecule has 0 heterocycles. The first-order valence-corrected chi connectivity index (χ1v) is 14.8. The van der Waals surface area contributed by atoms with E-state index in [0.717, 1.165) is 28.1 Å². The fourth-order valence-electron chi connectivity index (χ4n) is 4.15. The first kappa shape index (κ1) is 30.0. The standard InChI is InChI=1S/C29H34ClN3O5S/c1-4-17-31-29(35)26(18-22-11-7-5-8-12-22)32(20-23-13-9-6-10-14-23)28(34)21-33(39(3,36)37)25-19-24(30)15-16-27(25)38-2/h5-16,19,26H,4,17-18,20-21H2,1-3H3,(H,31,35)/t26-/m0/s1. The Morgan fingerprint density at radius 2 is 1.59 bits per heavy atom. The number of sulfonamides is 1. The van der Waals surface area contributed by atoms with Crippen LogP contribution in [0.5, 0.6) is 5.75 Å². The van der Waals surface area contributed by atoms with Crippen LogP contribution in [0.15, 0.2) is 78.9 Å². The van der Waals surface area contributed by atoms with Gasteiger partial charge in [0.1, 0.15) is 18.3 Å². The van der Waals surface area contributed by atoms with Crippen molar-refractivity contribution in [1.29, 1.82) is 0 Å². The van der Waals surface area contributed by atoms with Crippen LogP contribution in [-0.2, 0) is 32.6 Å². The van der Waals surface area contributed by atoms with E-state index < -0.39 is 28.5 Å². The average molecular weight is 572 g/mol. The van der Waals surface area contributed by atoms with E-state index in [1.807, 2.05) is 67.6 Å². The van der Waals surface area contributed by atoms with Crippen molar-refractivity contribution in [3.05, 3.63) is 95.0 Å². The number of nitrogens with zero attached hydrogens (tertiary/aromatic N) is 2. The molecule has 0 spiro atoms. The molecule has 3 aromatic rings. The van der Waals surface area contributed by atoms with Gasteiger partial charge in [-0.05, 0) is 35.7 Å². The van der Waals surface area contributed by atoms with Crippen molar-refractivity contribution < 1.29 is 22.7 Å². The first-order chi connectivity index (χ1) is 18.6. The monoisotopic (exact) mass is 571 g/mol. The van der Waals surface area contributed by atoms with Gasteiger partial charge in [-0.2, -0.15) is 0 Å². The average Bonchev–Trinajstić information content (AvgIpc) is 2.92. The summed E-state index contributed by atoms with van der Waals surface area (Å²) in [5.41, 5.74) is 1.81. The smallest absolute Gasteiger partial charge is 0.244 e. The molecule has 3 rings (SSSR count). The molecule has 208 valence electrons. The highest BCUT2D eigenvalue weighted by Gasteiger charge is 2.33. The van der Waals surface area contributed by atoms with Gasteiger partial charge in [0, 0.05) is 24.5 Å². The predicted octanol–water partition coefficient (Wildman–Crippen LogP) is 4.28. The normalized spacial score (nSPS) is 11.9. The molecule has 0 aromatic heterocycles. The Morgan fingerprint density at radius 3 is 2.15 bits per heavy atom. The van der Waals surface area contributed by atoms with Crippen LogP contribution in [0.25, 0.3) is 0 Å². The van der Waals surface area contributed by atoms with Gasteiger partial charge >= 0.3 is 0 Å². The third kappa shape index (κ3) is 8.46. The van der Waals surface area contributed by atoms with Crippen molar-refractivity contribution >= 4 is 39.1 Å². The number of carbonyl (C=O) groups excluding carboxylic acids is 2. The zero-order chi connectivity index (χ0) is 28.4. The predicted molar refractivity (Wildman–Crippen MR) is 154 cm³/mol. The van der Waals surface area contributed by atoms with Crippen LogP contribution in [-0.4, -0.2) is 57.6 Å². The van der Waals surface area contributed by atoms with Crippen LogP contribution in [0.4, 0.5) is 5.69 Å². The lowest BCUT2D eigenvalue weighted by molar-refractivity contribution is -0.140. The molecule has 0 aliphatic rings. The number of halogens is 1. The van der Waals surface area contributed by atoms with Gasteiger partial charge < -0.3 is 15.0 Å². The largest absolute Gasteiger partial charge is 0.495 e. The van der Waals surface area contributed by atoms with Crippen LogP contribution in [0, 0.1) is 0 Å². The summed E-state index contributed by atoms with van der Waals surface area (Å²) in [4.78, 5) is 29.0. The summed E-state index contributed by atoms with van der Waals surface area (Å²) in [5, 5.41) is 3.20. The fraction of sp³-hybridized carbons (Fsp3) is 0.310. The molecule has 1 atom stereocenters. The molecular formula is C29H34ClN3O5S. The van der Waals surface area contributed by atoms with E-state index in [1.165, 1.54) is 18.1 Å². The van der Waals surface area contributed by atoms with Gasteiger partial charge in [-0.1, -0.05) is 79.2 Å². The van der Waals surface area contributed by atoms with E-state index in [4.69, 9.17) is 16.3 Å². The van der Waals surface area contributed by atoms with Crippen molar-refractivity contribution in [2.24, 2.45) is 0 Å². The number of benzene rings is 3. The second kappa shape index (κ2) is 14.0. The van der Waals surface area contributed by atoms with Crippen molar-refractivity contribution in [2.75, 3.05) is 30.8 Å². The molecule has 0 aliphatic carbocycles. The van der Waals surface area contributed by atoms with E-state index in [1.54, 1.807) is 12.1 Å². The van der Waals surface area contributed by atoms with Crippen molar-refractivity contribution in [1.82, 2.24) is 10.2 Å². The first-order valence-electron chi connectivity index (χ1n) is 12.6. The molecule has 39 heavy (non-hydrogen) atoms. The molecule has 10 heteroatoms. The molecule has 1 N–H and O–H groups in total. The van der Waals surface area contributed by atoms with E-state index >= 15 is 0 Å². The molecule has 0 aliphatic heterocycles. The van der Waals surface area contributed by atoms with Crippen LogP contribution in [0.1, 0.15) is 24.5 Å². The fourth-order valence-corrected chi connectivity index (χ4v) is 5.16. The highest BCUT2D eigenvalue weighted by molar-refractivity contribution is 7.92. The Labute approximate surface area is 235 Å². The lowest BCUT2D eigenvalue weighted by Crippen LogP contribution is -2.53. The van der Waals surface area contributed by atoms with Crippen molar-refractivity contribution in [3.8, 4) is 5.75 Å². The van der Waals surface area contributed by atoms with Gasteiger partial charge in [0.2, 0.25) is 21.8 Å². The summed E-state index contributed by atoms with van der Waals surface area (Å²) < 4.78 is 32.2. The van der Waals surface area contributed by atoms with Gasteiger partial charge in [0.15, 0.2) is 0 Å². The molecule has 0 radical (unpaired) electrons. The van der Waals surface area contributed by atoms with Crippen LogP contribution in [0.2, 0.25) is 5.02 Å². The van der Waals surface area contributed by atoms with E-state index in [2.05, 4.69) is 5.32 Å². The SMILES string of the molecule is CCCNC(=O)[C@H](Cc1ccccc1)N(Cc1ccccc1)C(=O)CN(c1cc(Cl)ccc1OC)S(C)(=O)=O. The Kier molecular flexibility index (Phi) is 10.8. The molecular weight excluding hydrogens is 538 g/mol. The maximum atomic E-state index is 14.0. The molecule has 0 saturated heterocycles. The van der Waals surface area contributed by atoms with Gasteiger partial charge in [-0.15, -0.1) is 0 Å². The molecule has 0 fully saturated rings. The maximum absolute atomic E-state index is 14.0. The van der Waals surface area contributed by atoms with E-state index in [9.17, 15) is 18.0 Å². The Balaban J connectivity index is 2.06. The van der Waals surface area contributed by atoms with E-state index in [-0.39, 0.29) is 35.3 Å². The number of methoxy groups -OCH3 is 1. The molecule has 2 amide bonds. The second-order valence-corrected chi connectivity index (χ2v) is 11.4. The number of hydrogen-bond acceptors (Lipinski definition) is 5. The Morgan fingerprint density at radius 1 is 0.974 bits per heavy atom. The number of ether oxygens (including phenoxy) is 1. The quantitative estimate of drug-likeness (QED) is 0.330. The highest BCUT2D eigenvalue weighted by atomic mass is 35.5. The summed E-state index contributed by atoms with van der Waals surface area (Å²) in [7, 11) is -2.53. The summed E-state index contributed by atoms with van der Waals surface area (Å²) >= 11 is 6.18. The van der Waals surface area contributed by atoms with Crippen molar-refractivity contribution in [2.45, 2.75) is 32.4 Å². The van der Waals surface area contributed by atoms with Gasteiger partial charge in [0.05, 0.1) is 19.1 Å². The number of rotatable bonds is 13. The maximum Gasteiger partial charge on any atom is 0.244 e. The number of anilines is 1. The zero-order valence-corrected chi connectivity index (χ0v) is 23.9. The lowest BCUT2D eigenvalue weighted by atomic mass is 10.0. The number of nitrogens with one attached hydrogen (secondary N) is 1. The van der Waals surface area contributed by atoms with Crippen LogP contribution < -0.4 is 14.4 Å². The molecule has 3 aromatic carbocycles. The molecule has 0 saturated carbocycles. The summed E-state index contributed by atoms with van der Waals surface area (Å²) in [6.07, 6.45) is 2.00. The molecule has 0 bridgehead atoms.